The van der Waals surface area contributed by atoms with E-state index in [0.717, 1.165) is 18.5 Å². The normalized spacial score (nSPS) is 16.2. The summed E-state index contributed by atoms with van der Waals surface area (Å²) >= 11 is 0. The SMILES string of the molecule is CN=CC(=CN)c1cc2c(cc1C)N(C)CCC2. The lowest BCUT2D eigenvalue weighted by atomic mass is 9.93. The Balaban J connectivity index is 2.51. The molecule has 0 unspecified atom stereocenters. The highest BCUT2D eigenvalue weighted by atomic mass is 15.1. The maximum absolute atomic E-state index is 5.70. The summed E-state index contributed by atoms with van der Waals surface area (Å²) in [7, 11) is 3.93. The lowest BCUT2D eigenvalue weighted by Gasteiger charge is -2.28. The summed E-state index contributed by atoms with van der Waals surface area (Å²) in [5.74, 6) is 0. The van der Waals surface area contributed by atoms with Gasteiger partial charge in [-0.1, -0.05) is 0 Å². The second-order valence-electron chi connectivity index (χ2n) is 4.83. The minimum absolute atomic E-state index is 0.992. The number of allylic oxidation sites excluding steroid dienone is 1. The van der Waals surface area contributed by atoms with E-state index < -0.39 is 0 Å². The molecule has 0 bridgehead atoms. The third-order valence-electron chi connectivity index (χ3n) is 3.54. The molecule has 18 heavy (non-hydrogen) atoms. The van der Waals surface area contributed by atoms with E-state index in [-0.39, 0.29) is 0 Å². The van der Waals surface area contributed by atoms with Crippen molar-refractivity contribution in [3.05, 3.63) is 35.0 Å². The van der Waals surface area contributed by atoms with Gasteiger partial charge in [-0.2, -0.15) is 0 Å². The number of fused-ring (bicyclic) bond motifs is 1. The summed E-state index contributed by atoms with van der Waals surface area (Å²) in [5.41, 5.74) is 11.9. The van der Waals surface area contributed by atoms with Crippen LogP contribution >= 0.6 is 0 Å². The van der Waals surface area contributed by atoms with E-state index >= 15 is 0 Å². The Morgan fingerprint density at radius 3 is 2.89 bits per heavy atom. The predicted molar refractivity (Wildman–Crippen MR) is 79.4 cm³/mol. The predicted octanol–water partition coefficient (Wildman–Crippen LogP) is 2.38. The number of aryl methyl sites for hydroxylation is 2. The van der Waals surface area contributed by atoms with Gasteiger partial charge >= 0.3 is 0 Å². The zero-order valence-corrected chi connectivity index (χ0v) is 11.4. The summed E-state index contributed by atoms with van der Waals surface area (Å²) in [4.78, 5) is 6.40. The molecule has 2 rings (SSSR count). The first-order chi connectivity index (χ1) is 8.67. The Bertz CT molecular complexity index is 501. The molecular formula is C15H21N3. The Hall–Kier alpha value is -1.77. The van der Waals surface area contributed by atoms with E-state index in [2.05, 4.69) is 36.0 Å². The molecule has 96 valence electrons. The van der Waals surface area contributed by atoms with Crippen molar-refractivity contribution in [3.8, 4) is 0 Å². The Morgan fingerprint density at radius 1 is 1.44 bits per heavy atom. The van der Waals surface area contributed by atoms with Crippen molar-refractivity contribution in [2.75, 3.05) is 25.5 Å². The Labute approximate surface area is 109 Å². The largest absolute Gasteiger partial charge is 0.404 e. The van der Waals surface area contributed by atoms with Gasteiger partial charge in [-0.05, 0) is 48.6 Å². The molecule has 1 heterocycles. The van der Waals surface area contributed by atoms with Gasteiger partial charge in [-0.3, -0.25) is 4.99 Å². The van der Waals surface area contributed by atoms with Gasteiger partial charge in [0.15, 0.2) is 0 Å². The highest BCUT2D eigenvalue weighted by Crippen LogP contribution is 2.31. The number of benzene rings is 1. The standard InChI is InChI=1S/C15H21N3/c1-11-7-15-12(5-4-6-18(15)3)8-14(11)13(9-16)10-17-2/h7-10H,4-6,16H2,1-3H3. The van der Waals surface area contributed by atoms with E-state index in [4.69, 9.17) is 5.73 Å². The van der Waals surface area contributed by atoms with Crippen LogP contribution in [0.5, 0.6) is 0 Å². The molecule has 3 nitrogen and oxygen atoms in total. The topological polar surface area (TPSA) is 41.6 Å². The molecule has 0 saturated carbocycles. The molecule has 1 aliphatic heterocycles. The van der Waals surface area contributed by atoms with Crippen molar-refractivity contribution in [2.24, 2.45) is 10.7 Å². The third kappa shape index (κ3) is 2.26. The van der Waals surface area contributed by atoms with Crippen LogP contribution in [0.2, 0.25) is 0 Å². The molecular weight excluding hydrogens is 222 g/mol. The summed E-state index contributed by atoms with van der Waals surface area (Å²) in [6.45, 7) is 3.27. The lowest BCUT2D eigenvalue weighted by Crippen LogP contribution is -2.25. The number of hydrogen-bond donors (Lipinski definition) is 1. The summed E-state index contributed by atoms with van der Waals surface area (Å²) in [5, 5.41) is 0. The Kier molecular flexibility index (Phi) is 3.70. The minimum Gasteiger partial charge on any atom is -0.404 e. The van der Waals surface area contributed by atoms with Crippen molar-refractivity contribution in [2.45, 2.75) is 19.8 Å². The number of nitrogens with two attached hydrogens (primary N) is 1. The van der Waals surface area contributed by atoms with Crippen LogP contribution in [-0.2, 0) is 6.42 Å². The van der Waals surface area contributed by atoms with E-state index in [1.807, 2.05) is 6.21 Å². The van der Waals surface area contributed by atoms with Crippen molar-refractivity contribution in [1.29, 1.82) is 0 Å². The monoisotopic (exact) mass is 243 g/mol. The average molecular weight is 243 g/mol. The summed E-state index contributed by atoms with van der Waals surface area (Å²) in [6.07, 6.45) is 5.82. The van der Waals surface area contributed by atoms with Gasteiger partial charge in [0.2, 0.25) is 0 Å². The molecule has 0 amide bonds. The minimum atomic E-state index is 0.992. The number of nitrogens with zero attached hydrogens (tertiary/aromatic N) is 2. The van der Waals surface area contributed by atoms with Gasteiger partial charge in [0.1, 0.15) is 0 Å². The molecule has 1 aromatic carbocycles. The first kappa shape index (κ1) is 12.7. The molecule has 0 aromatic heterocycles. The van der Waals surface area contributed by atoms with Crippen LogP contribution in [0.1, 0.15) is 23.1 Å². The van der Waals surface area contributed by atoms with Gasteiger partial charge in [0, 0.05) is 44.3 Å². The van der Waals surface area contributed by atoms with E-state index in [1.54, 1.807) is 13.2 Å². The van der Waals surface area contributed by atoms with Crippen LogP contribution in [0.4, 0.5) is 5.69 Å². The lowest BCUT2D eigenvalue weighted by molar-refractivity contribution is 0.743. The molecule has 0 saturated heterocycles. The van der Waals surface area contributed by atoms with Crippen LogP contribution < -0.4 is 10.6 Å². The Morgan fingerprint density at radius 2 is 2.22 bits per heavy atom. The molecule has 2 N–H and O–H groups in total. The van der Waals surface area contributed by atoms with Crippen LogP contribution in [0, 0.1) is 6.92 Å². The fourth-order valence-corrected chi connectivity index (χ4v) is 2.57. The van der Waals surface area contributed by atoms with Gasteiger partial charge in [0.05, 0.1) is 0 Å². The second kappa shape index (κ2) is 5.25. The zero-order chi connectivity index (χ0) is 13.1. The maximum atomic E-state index is 5.70. The van der Waals surface area contributed by atoms with E-state index in [9.17, 15) is 0 Å². The molecule has 1 aliphatic rings. The van der Waals surface area contributed by atoms with Crippen LogP contribution in [0.15, 0.2) is 23.3 Å². The van der Waals surface area contributed by atoms with Crippen LogP contribution in [0.25, 0.3) is 5.57 Å². The number of anilines is 1. The van der Waals surface area contributed by atoms with Crippen molar-refractivity contribution in [1.82, 2.24) is 0 Å². The first-order valence-corrected chi connectivity index (χ1v) is 6.36. The first-order valence-electron chi connectivity index (χ1n) is 6.36. The van der Waals surface area contributed by atoms with Gasteiger partial charge < -0.3 is 10.6 Å². The number of rotatable bonds is 2. The molecule has 1 aromatic rings. The van der Waals surface area contributed by atoms with Gasteiger partial charge in [0.25, 0.3) is 0 Å². The van der Waals surface area contributed by atoms with Gasteiger partial charge in [-0.25, -0.2) is 0 Å². The fraction of sp³-hybridized carbons (Fsp3) is 0.400. The summed E-state index contributed by atoms with van der Waals surface area (Å²) < 4.78 is 0. The second-order valence-corrected chi connectivity index (χ2v) is 4.83. The van der Waals surface area contributed by atoms with Crippen molar-refractivity contribution >= 4 is 17.5 Å². The van der Waals surface area contributed by atoms with Gasteiger partial charge in [-0.15, -0.1) is 0 Å². The maximum Gasteiger partial charge on any atom is 0.0399 e. The third-order valence-corrected chi connectivity index (χ3v) is 3.54. The molecule has 0 radical (unpaired) electrons. The van der Waals surface area contributed by atoms with Crippen molar-refractivity contribution < 1.29 is 0 Å². The van der Waals surface area contributed by atoms with Crippen LogP contribution in [0.3, 0.4) is 0 Å². The molecule has 0 atom stereocenters. The molecule has 3 heteroatoms. The number of hydrogen-bond acceptors (Lipinski definition) is 3. The van der Waals surface area contributed by atoms with Crippen LogP contribution in [-0.4, -0.2) is 26.9 Å². The number of aliphatic imine (C=N–C) groups is 1. The highest BCUT2D eigenvalue weighted by molar-refractivity contribution is 6.10. The summed E-state index contributed by atoms with van der Waals surface area (Å²) in [6, 6.07) is 4.53. The molecule has 0 spiro atoms. The molecule has 0 fully saturated rings. The zero-order valence-electron chi connectivity index (χ0n) is 11.4. The highest BCUT2D eigenvalue weighted by Gasteiger charge is 2.16. The van der Waals surface area contributed by atoms with E-state index in [1.165, 1.54) is 28.8 Å². The smallest absolute Gasteiger partial charge is 0.0399 e. The quantitative estimate of drug-likeness (QED) is 0.810. The van der Waals surface area contributed by atoms with E-state index in [0.29, 0.717) is 0 Å². The van der Waals surface area contributed by atoms with Crippen molar-refractivity contribution in [3.63, 3.8) is 0 Å². The average Bonchev–Trinajstić information content (AvgIpc) is 2.37. The molecule has 0 aliphatic carbocycles. The fourth-order valence-electron chi connectivity index (χ4n) is 2.57.